The SMILES string of the molecule is CCCCCCCCCCCCCCOCCOC(=O)/C=C\C(=O)OCCOCCCCCCCCCCCCCC. The molecular formula is C36H68O6. The molecule has 6 heteroatoms. The van der Waals surface area contributed by atoms with Crippen LogP contribution in [-0.4, -0.2) is 51.6 Å². The normalized spacial score (nSPS) is 11.4. The van der Waals surface area contributed by atoms with Gasteiger partial charge in [0.2, 0.25) is 0 Å². The van der Waals surface area contributed by atoms with Crippen molar-refractivity contribution in [2.45, 2.75) is 168 Å². The van der Waals surface area contributed by atoms with Crippen molar-refractivity contribution in [3.63, 3.8) is 0 Å². The van der Waals surface area contributed by atoms with E-state index >= 15 is 0 Å². The highest BCUT2D eigenvalue weighted by Gasteiger charge is 2.02. The van der Waals surface area contributed by atoms with Crippen LogP contribution in [-0.2, 0) is 28.5 Å². The van der Waals surface area contributed by atoms with Crippen molar-refractivity contribution in [2.24, 2.45) is 0 Å². The summed E-state index contributed by atoms with van der Waals surface area (Å²) in [6.07, 6.45) is 33.8. The third-order valence-corrected chi connectivity index (χ3v) is 7.58. The number of rotatable bonds is 34. The highest BCUT2D eigenvalue weighted by Crippen LogP contribution is 2.13. The molecular weight excluding hydrogens is 528 g/mol. The second-order valence-corrected chi connectivity index (χ2v) is 11.7. The fraction of sp³-hybridized carbons (Fsp3) is 0.889. The third kappa shape index (κ3) is 34.8. The fourth-order valence-corrected chi connectivity index (χ4v) is 4.93. The van der Waals surface area contributed by atoms with Crippen LogP contribution in [0.2, 0.25) is 0 Å². The Bertz CT molecular complexity index is 541. The summed E-state index contributed by atoms with van der Waals surface area (Å²) in [4.78, 5) is 23.4. The first kappa shape index (κ1) is 40.6. The van der Waals surface area contributed by atoms with Gasteiger partial charge in [-0.25, -0.2) is 9.59 Å². The van der Waals surface area contributed by atoms with E-state index in [2.05, 4.69) is 13.8 Å². The van der Waals surface area contributed by atoms with Crippen LogP contribution in [0, 0.1) is 0 Å². The van der Waals surface area contributed by atoms with Crippen molar-refractivity contribution in [1.29, 1.82) is 0 Å². The van der Waals surface area contributed by atoms with Crippen LogP contribution in [0.15, 0.2) is 12.2 Å². The van der Waals surface area contributed by atoms with E-state index in [1.54, 1.807) is 0 Å². The van der Waals surface area contributed by atoms with Crippen LogP contribution in [0.4, 0.5) is 0 Å². The lowest BCUT2D eigenvalue weighted by Crippen LogP contribution is -2.11. The Morgan fingerprint density at radius 2 is 0.619 bits per heavy atom. The number of esters is 2. The zero-order valence-electron chi connectivity index (χ0n) is 27.8. The molecule has 0 aromatic rings. The molecule has 0 rings (SSSR count). The zero-order valence-corrected chi connectivity index (χ0v) is 27.8. The molecule has 0 N–H and O–H groups in total. The van der Waals surface area contributed by atoms with Gasteiger partial charge >= 0.3 is 11.9 Å². The standard InChI is InChI=1S/C36H68O6/c1-3-5-7-9-11-13-15-17-19-21-23-25-29-39-31-33-41-35(37)27-28-36(38)42-34-32-40-30-26-24-22-20-18-16-14-12-10-8-6-4-2/h27-28H,3-26,29-34H2,1-2H3/b28-27-. The highest BCUT2D eigenvalue weighted by molar-refractivity contribution is 5.91. The summed E-state index contributed by atoms with van der Waals surface area (Å²) in [5.74, 6) is -1.13. The summed E-state index contributed by atoms with van der Waals surface area (Å²) in [5.41, 5.74) is 0. The molecule has 42 heavy (non-hydrogen) atoms. The van der Waals surface area contributed by atoms with Crippen molar-refractivity contribution in [2.75, 3.05) is 39.6 Å². The summed E-state index contributed by atoms with van der Waals surface area (Å²) < 4.78 is 21.2. The van der Waals surface area contributed by atoms with Gasteiger partial charge in [-0.1, -0.05) is 155 Å². The fourth-order valence-electron chi connectivity index (χ4n) is 4.93. The second-order valence-electron chi connectivity index (χ2n) is 11.7. The Labute approximate surface area is 260 Å². The first-order valence-electron chi connectivity index (χ1n) is 17.9. The van der Waals surface area contributed by atoms with Crippen LogP contribution >= 0.6 is 0 Å². The van der Waals surface area contributed by atoms with Crippen molar-refractivity contribution < 1.29 is 28.5 Å². The van der Waals surface area contributed by atoms with Gasteiger partial charge in [-0.3, -0.25) is 0 Å². The smallest absolute Gasteiger partial charge is 0.331 e. The molecule has 0 saturated carbocycles. The van der Waals surface area contributed by atoms with E-state index < -0.39 is 11.9 Å². The van der Waals surface area contributed by atoms with Crippen LogP contribution in [0.25, 0.3) is 0 Å². The minimum atomic E-state index is -0.566. The quantitative estimate of drug-likeness (QED) is 0.0418. The van der Waals surface area contributed by atoms with Crippen LogP contribution < -0.4 is 0 Å². The number of unbranched alkanes of at least 4 members (excludes halogenated alkanes) is 22. The monoisotopic (exact) mass is 597 g/mol. The predicted molar refractivity (Wildman–Crippen MR) is 175 cm³/mol. The molecule has 0 aromatic heterocycles. The number of carbonyl (C=O) groups is 2. The topological polar surface area (TPSA) is 71.1 Å². The predicted octanol–water partition coefficient (Wildman–Crippen LogP) is 10.1. The highest BCUT2D eigenvalue weighted by atomic mass is 16.6. The van der Waals surface area contributed by atoms with E-state index in [1.165, 1.54) is 141 Å². The van der Waals surface area contributed by atoms with Gasteiger partial charge in [-0.05, 0) is 12.8 Å². The molecule has 0 unspecified atom stereocenters. The molecule has 0 fully saturated rings. The molecule has 6 nitrogen and oxygen atoms in total. The van der Waals surface area contributed by atoms with Gasteiger partial charge in [0.1, 0.15) is 13.2 Å². The number of ether oxygens (including phenoxy) is 4. The average Bonchev–Trinajstić information content (AvgIpc) is 2.99. The zero-order chi connectivity index (χ0) is 30.6. The molecule has 0 atom stereocenters. The maximum Gasteiger partial charge on any atom is 0.331 e. The maximum atomic E-state index is 11.7. The van der Waals surface area contributed by atoms with Gasteiger partial charge in [0.05, 0.1) is 13.2 Å². The number of carbonyl (C=O) groups excluding carboxylic acids is 2. The lowest BCUT2D eigenvalue weighted by molar-refractivity contribution is -0.142. The molecule has 0 radical (unpaired) electrons. The molecule has 0 spiro atoms. The van der Waals surface area contributed by atoms with Gasteiger partial charge in [0.25, 0.3) is 0 Å². The number of hydrogen-bond donors (Lipinski definition) is 0. The minimum Gasteiger partial charge on any atom is -0.460 e. The molecule has 0 amide bonds. The molecule has 0 aromatic carbocycles. The van der Waals surface area contributed by atoms with Crippen molar-refractivity contribution in [3.8, 4) is 0 Å². The number of hydrogen-bond acceptors (Lipinski definition) is 6. The van der Waals surface area contributed by atoms with Gasteiger partial charge in [-0.15, -0.1) is 0 Å². The van der Waals surface area contributed by atoms with Crippen molar-refractivity contribution in [3.05, 3.63) is 12.2 Å². The molecule has 0 aliphatic carbocycles. The van der Waals surface area contributed by atoms with Crippen LogP contribution in [0.3, 0.4) is 0 Å². The van der Waals surface area contributed by atoms with E-state index in [0.29, 0.717) is 26.4 Å². The molecule has 0 aliphatic rings. The van der Waals surface area contributed by atoms with Crippen molar-refractivity contribution in [1.82, 2.24) is 0 Å². The molecule has 0 saturated heterocycles. The first-order valence-corrected chi connectivity index (χ1v) is 17.9. The summed E-state index contributed by atoms with van der Waals surface area (Å²) in [6.45, 7) is 7.03. The molecule has 0 heterocycles. The van der Waals surface area contributed by atoms with E-state index in [0.717, 1.165) is 25.0 Å². The van der Waals surface area contributed by atoms with Crippen LogP contribution in [0.1, 0.15) is 168 Å². The molecule has 0 bridgehead atoms. The Balaban J connectivity index is 3.33. The summed E-state index contributed by atoms with van der Waals surface area (Å²) in [6, 6.07) is 0. The van der Waals surface area contributed by atoms with Gasteiger partial charge < -0.3 is 18.9 Å². The largest absolute Gasteiger partial charge is 0.460 e. The lowest BCUT2D eigenvalue weighted by atomic mass is 10.1. The Morgan fingerprint density at radius 3 is 0.905 bits per heavy atom. The third-order valence-electron chi connectivity index (χ3n) is 7.58. The summed E-state index contributed by atoms with van der Waals surface area (Å²) in [5, 5.41) is 0. The Kier molecular flexibility index (Phi) is 34.6. The van der Waals surface area contributed by atoms with E-state index in [9.17, 15) is 9.59 Å². The molecule has 0 aliphatic heterocycles. The van der Waals surface area contributed by atoms with Crippen molar-refractivity contribution >= 4 is 11.9 Å². The summed E-state index contributed by atoms with van der Waals surface area (Å²) in [7, 11) is 0. The second kappa shape index (κ2) is 35.8. The van der Waals surface area contributed by atoms with Crippen LogP contribution in [0.5, 0.6) is 0 Å². The van der Waals surface area contributed by atoms with E-state index in [4.69, 9.17) is 18.9 Å². The summed E-state index contributed by atoms with van der Waals surface area (Å²) >= 11 is 0. The van der Waals surface area contributed by atoms with E-state index in [-0.39, 0.29) is 13.2 Å². The Hall–Kier alpha value is -1.40. The first-order chi connectivity index (χ1) is 20.7. The van der Waals surface area contributed by atoms with Gasteiger partial charge in [0, 0.05) is 25.4 Å². The average molecular weight is 597 g/mol. The minimum absolute atomic E-state index is 0.184. The lowest BCUT2D eigenvalue weighted by Gasteiger charge is -2.06. The van der Waals surface area contributed by atoms with Gasteiger partial charge in [-0.2, -0.15) is 0 Å². The maximum absolute atomic E-state index is 11.7. The van der Waals surface area contributed by atoms with Gasteiger partial charge in [0.15, 0.2) is 0 Å². The molecule has 248 valence electrons. The Morgan fingerprint density at radius 1 is 0.357 bits per heavy atom. The van der Waals surface area contributed by atoms with E-state index in [1.807, 2.05) is 0 Å².